The predicted octanol–water partition coefficient (Wildman–Crippen LogP) is 4.14. The molecule has 96 valence electrons. The number of piperidine rings is 1. The third-order valence-corrected chi connectivity index (χ3v) is 5.22. The number of hydrogen-bond acceptors (Lipinski definition) is 1. The maximum absolute atomic E-state index is 2.81. The first-order valence-corrected chi connectivity index (χ1v) is 7.82. The first kappa shape index (κ1) is 11.8. The summed E-state index contributed by atoms with van der Waals surface area (Å²) in [6.07, 6.45) is 13.0. The Morgan fingerprint density at radius 1 is 1.06 bits per heavy atom. The summed E-state index contributed by atoms with van der Waals surface area (Å²) in [5.41, 5.74) is 3.76. The number of allylic oxidation sites excluding steroid dienone is 1. The van der Waals surface area contributed by atoms with Gasteiger partial charge in [-0.2, -0.15) is 0 Å². The van der Waals surface area contributed by atoms with Crippen LogP contribution in [0.5, 0.6) is 0 Å². The van der Waals surface area contributed by atoms with Gasteiger partial charge in [-0.25, -0.2) is 0 Å². The molecular formula is C16H27N. The van der Waals surface area contributed by atoms with Crippen molar-refractivity contribution in [3.63, 3.8) is 0 Å². The Bertz CT molecular complexity index is 303. The van der Waals surface area contributed by atoms with E-state index in [1.165, 1.54) is 70.9 Å². The van der Waals surface area contributed by atoms with E-state index >= 15 is 0 Å². The monoisotopic (exact) mass is 233 g/mol. The van der Waals surface area contributed by atoms with Crippen LogP contribution in [0.4, 0.5) is 0 Å². The van der Waals surface area contributed by atoms with E-state index in [4.69, 9.17) is 0 Å². The molecule has 0 aromatic heterocycles. The van der Waals surface area contributed by atoms with Gasteiger partial charge in [0.05, 0.1) is 0 Å². The second-order valence-electron chi connectivity index (χ2n) is 6.33. The van der Waals surface area contributed by atoms with Crippen LogP contribution in [0, 0.1) is 5.92 Å². The average molecular weight is 233 g/mol. The van der Waals surface area contributed by atoms with E-state index in [9.17, 15) is 0 Å². The zero-order chi connectivity index (χ0) is 11.7. The quantitative estimate of drug-likeness (QED) is 0.648. The molecule has 1 heteroatoms. The molecule has 1 heterocycles. The summed E-state index contributed by atoms with van der Waals surface area (Å²) >= 11 is 0. The van der Waals surface area contributed by atoms with Crippen molar-refractivity contribution in [2.75, 3.05) is 13.1 Å². The molecule has 0 aromatic carbocycles. The van der Waals surface area contributed by atoms with Gasteiger partial charge in [-0.3, -0.25) is 4.90 Å². The zero-order valence-electron chi connectivity index (χ0n) is 11.4. The Hall–Kier alpha value is -0.300. The van der Waals surface area contributed by atoms with Crippen molar-refractivity contribution in [1.82, 2.24) is 4.90 Å². The second-order valence-corrected chi connectivity index (χ2v) is 6.33. The van der Waals surface area contributed by atoms with E-state index in [1.807, 2.05) is 11.1 Å². The topological polar surface area (TPSA) is 3.24 Å². The van der Waals surface area contributed by atoms with Crippen LogP contribution in [0.1, 0.15) is 64.7 Å². The predicted molar refractivity (Wildman–Crippen MR) is 73.1 cm³/mol. The zero-order valence-corrected chi connectivity index (χ0v) is 11.4. The van der Waals surface area contributed by atoms with Crippen molar-refractivity contribution in [1.29, 1.82) is 0 Å². The summed E-state index contributed by atoms with van der Waals surface area (Å²) in [7, 11) is 0. The average Bonchev–Trinajstić information content (AvgIpc) is 2.37. The fraction of sp³-hybridized carbons (Fsp3) is 0.875. The molecule has 2 aliphatic carbocycles. The first-order chi connectivity index (χ1) is 8.38. The van der Waals surface area contributed by atoms with Gasteiger partial charge >= 0.3 is 0 Å². The molecule has 1 aliphatic heterocycles. The fourth-order valence-electron chi connectivity index (χ4n) is 4.40. The molecule has 0 radical (unpaired) electrons. The number of nitrogens with zero attached hydrogens (tertiary/aromatic N) is 1. The summed E-state index contributed by atoms with van der Waals surface area (Å²) < 4.78 is 0. The van der Waals surface area contributed by atoms with Gasteiger partial charge in [-0.1, -0.05) is 18.1 Å². The minimum atomic E-state index is 0.917. The molecule has 3 aliphatic rings. The van der Waals surface area contributed by atoms with Gasteiger partial charge in [0.25, 0.3) is 0 Å². The van der Waals surface area contributed by atoms with Crippen LogP contribution >= 0.6 is 0 Å². The van der Waals surface area contributed by atoms with Gasteiger partial charge in [0.2, 0.25) is 0 Å². The van der Waals surface area contributed by atoms with Gasteiger partial charge in [0.15, 0.2) is 0 Å². The summed E-state index contributed by atoms with van der Waals surface area (Å²) in [5, 5.41) is 0. The standard InChI is InChI=1S/C16H27N/c1-2-9-17-10-5-8-15-11-13-6-3-4-7-14(13)12-16(15)17/h15-16H,2-12H2,1H3/t15-,16+/m1/s1. The highest BCUT2D eigenvalue weighted by atomic mass is 15.2. The van der Waals surface area contributed by atoms with Crippen molar-refractivity contribution < 1.29 is 0 Å². The molecule has 1 fully saturated rings. The molecule has 0 bridgehead atoms. The highest BCUT2D eigenvalue weighted by Gasteiger charge is 2.36. The van der Waals surface area contributed by atoms with Gasteiger partial charge < -0.3 is 0 Å². The summed E-state index contributed by atoms with van der Waals surface area (Å²) in [6.45, 7) is 5.04. The van der Waals surface area contributed by atoms with Gasteiger partial charge in [-0.05, 0) is 76.8 Å². The van der Waals surface area contributed by atoms with Crippen LogP contribution in [0.3, 0.4) is 0 Å². The highest BCUT2D eigenvalue weighted by Crippen LogP contribution is 2.43. The molecule has 1 saturated heterocycles. The lowest BCUT2D eigenvalue weighted by atomic mass is 9.71. The van der Waals surface area contributed by atoms with E-state index in [-0.39, 0.29) is 0 Å². The van der Waals surface area contributed by atoms with E-state index in [1.54, 1.807) is 0 Å². The Kier molecular flexibility index (Phi) is 3.56. The van der Waals surface area contributed by atoms with Crippen LogP contribution < -0.4 is 0 Å². The molecule has 0 unspecified atom stereocenters. The first-order valence-electron chi connectivity index (χ1n) is 7.82. The number of likely N-dealkylation sites (tertiary alicyclic amines) is 1. The molecule has 3 rings (SSSR count). The van der Waals surface area contributed by atoms with Crippen LogP contribution in [0.15, 0.2) is 11.1 Å². The normalized spacial score (nSPS) is 34.4. The number of fused-ring (bicyclic) bond motifs is 1. The van der Waals surface area contributed by atoms with E-state index in [0.29, 0.717) is 0 Å². The Balaban J connectivity index is 1.76. The van der Waals surface area contributed by atoms with Crippen molar-refractivity contribution in [2.24, 2.45) is 5.92 Å². The van der Waals surface area contributed by atoms with Gasteiger partial charge in [-0.15, -0.1) is 0 Å². The summed E-state index contributed by atoms with van der Waals surface area (Å²) in [5.74, 6) is 1.01. The minimum Gasteiger partial charge on any atom is -0.300 e. The molecule has 0 spiro atoms. The van der Waals surface area contributed by atoms with E-state index in [0.717, 1.165) is 12.0 Å². The van der Waals surface area contributed by atoms with Crippen LogP contribution in [-0.4, -0.2) is 24.0 Å². The summed E-state index contributed by atoms with van der Waals surface area (Å²) in [6, 6.07) is 0.917. The third kappa shape index (κ3) is 2.31. The maximum atomic E-state index is 2.81. The molecule has 0 saturated carbocycles. The smallest absolute Gasteiger partial charge is 0.0164 e. The molecule has 1 nitrogen and oxygen atoms in total. The van der Waals surface area contributed by atoms with Crippen LogP contribution in [0.25, 0.3) is 0 Å². The molecule has 0 amide bonds. The molecule has 17 heavy (non-hydrogen) atoms. The maximum Gasteiger partial charge on any atom is 0.0164 e. The lowest BCUT2D eigenvalue weighted by Gasteiger charge is -2.46. The Morgan fingerprint density at radius 2 is 1.82 bits per heavy atom. The lowest BCUT2D eigenvalue weighted by Crippen LogP contribution is -2.47. The molecular weight excluding hydrogens is 206 g/mol. The largest absolute Gasteiger partial charge is 0.300 e. The van der Waals surface area contributed by atoms with Gasteiger partial charge in [0.1, 0.15) is 0 Å². The van der Waals surface area contributed by atoms with Crippen molar-refractivity contribution in [3.8, 4) is 0 Å². The molecule has 2 atom stereocenters. The Labute approximate surface area is 106 Å². The second kappa shape index (κ2) is 5.14. The number of rotatable bonds is 2. The highest BCUT2D eigenvalue weighted by molar-refractivity contribution is 5.23. The van der Waals surface area contributed by atoms with Crippen molar-refractivity contribution in [2.45, 2.75) is 70.8 Å². The number of hydrogen-bond donors (Lipinski definition) is 0. The Morgan fingerprint density at radius 3 is 2.59 bits per heavy atom. The third-order valence-electron chi connectivity index (χ3n) is 5.22. The SMILES string of the molecule is CCCN1CCC[C@@H]2CC3=C(CCCC3)C[C@@H]21. The van der Waals surface area contributed by atoms with Crippen molar-refractivity contribution in [3.05, 3.63) is 11.1 Å². The fourth-order valence-corrected chi connectivity index (χ4v) is 4.40. The lowest BCUT2D eigenvalue weighted by molar-refractivity contribution is 0.0828. The van der Waals surface area contributed by atoms with Crippen LogP contribution in [0.2, 0.25) is 0 Å². The minimum absolute atomic E-state index is 0.917. The summed E-state index contributed by atoms with van der Waals surface area (Å²) in [4.78, 5) is 2.81. The van der Waals surface area contributed by atoms with E-state index in [2.05, 4.69) is 11.8 Å². The van der Waals surface area contributed by atoms with Crippen LogP contribution in [-0.2, 0) is 0 Å². The molecule has 0 aromatic rings. The van der Waals surface area contributed by atoms with Crippen molar-refractivity contribution >= 4 is 0 Å². The van der Waals surface area contributed by atoms with E-state index < -0.39 is 0 Å². The molecule has 0 N–H and O–H groups in total. The van der Waals surface area contributed by atoms with Gasteiger partial charge in [0, 0.05) is 6.04 Å².